The van der Waals surface area contributed by atoms with Gasteiger partial charge in [-0.2, -0.15) is 0 Å². The molecule has 1 amide bonds. The predicted octanol–water partition coefficient (Wildman–Crippen LogP) is -0.00990. The molecule has 0 radical (unpaired) electrons. The van der Waals surface area contributed by atoms with Crippen LogP contribution in [0.15, 0.2) is 18.3 Å². The van der Waals surface area contributed by atoms with Crippen molar-refractivity contribution >= 4 is 17.4 Å². The maximum atomic E-state index is 11.3. The molecule has 0 aromatic carbocycles. The third-order valence-electron chi connectivity index (χ3n) is 2.35. The van der Waals surface area contributed by atoms with Crippen LogP contribution in [0.5, 0.6) is 0 Å². The lowest BCUT2D eigenvalue weighted by atomic mass is 10.3. The van der Waals surface area contributed by atoms with Crippen LogP contribution in [0.25, 0.3) is 0 Å². The number of carbonyl (C=O) groups is 1. The summed E-state index contributed by atoms with van der Waals surface area (Å²) in [6.07, 6.45) is 2.59. The lowest BCUT2D eigenvalue weighted by Crippen LogP contribution is -2.33. The molecule has 0 atom stereocenters. The highest BCUT2D eigenvalue weighted by atomic mass is 16.2. The Morgan fingerprint density at radius 1 is 1.53 bits per heavy atom. The first-order chi connectivity index (χ1) is 7.25. The molecule has 15 heavy (non-hydrogen) atoms. The van der Waals surface area contributed by atoms with E-state index in [-0.39, 0.29) is 5.91 Å². The van der Waals surface area contributed by atoms with Crippen molar-refractivity contribution in [3.05, 3.63) is 18.3 Å². The van der Waals surface area contributed by atoms with Crippen molar-refractivity contribution in [2.45, 2.75) is 6.42 Å². The van der Waals surface area contributed by atoms with Gasteiger partial charge in [-0.15, -0.1) is 0 Å². The summed E-state index contributed by atoms with van der Waals surface area (Å²) in [5, 5.41) is 2.82. The summed E-state index contributed by atoms with van der Waals surface area (Å²) in [6.45, 7) is 1.92. The third kappa shape index (κ3) is 2.37. The lowest BCUT2D eigenvalue weighted by Gasteiger charge is -2.19. The number of carbonyl (C=O) groups excluding carboxylic acids is 1. The molecule has 1 aromatic rings. The fourth-order valence-electron chi connectivity index (χ4n) is 1.61. The van der Waals surface area contributed by atoms with Gasteiger partial charge in [0.15, 0.2) is 0 Å². The van der Waals surface area contributed by atoms with Crippen LogP contribution < -0.4 is 16.0 Å². The number of anilines is 2. The zero-order valence-electron chi connectivity index (χ0n) is 8.44. The number of nitrogens with two attached hydrogens (primary N) is 1. The van der Waals surface area contributed by atoms with Crippen LogP contribution in [0.1, 0.15) is 6.42 Å². The van der Waals surface area contributed by atoms with Crippen LogP contribution in [0.4, 0.5) is 11.5 Å². The summed E-state index contributed by atoms with van der Waals surface area (Å²) in [4.78, 5) is 17.5. The van der Waals surface area contributed by atoms with Gasteiger partial charge in [0, 0.05) is 31.0 Å². The highest BCUT2D eigenvalue weighted by Gasteiger charge is 2.15. The minimum Gasteiger partial charge on any atom is -0.399 e. The van der Waals surface area contributed by atoms with Crippen LogP contribution in [-0.2, 0) is 4.79 Å². The van der Waals surface area contributed by atoms with Crippen molar-refractivity contribution in [1.82, 2.24) is 10.3 Å². The second-order valence-electron chi connectivity index (χ2n) is 3.57. The van der Waals surface area contributed by atoms with Crippen LogP contribution in [0.3, 0.4) is 0 Å². The second-order valence-corrected chi connectivity index (χ2v) is 3.57. The molecule has 5 nitrogen and oxygen atoms in total. The van der Waals surface area contributed by atoms with Crippen molar-refractivity contribution in [1.29, 1.82) is 0 Å². The molecule has 0 spiro atoms. The van der Waals surface area contributed by atoms with E-state index in [1.807, 2.05) is 4.90 Å². The number of aromatic nitrogens is 1. The maximum absolute atomic E-state index is 11.3. The van der Waals surface area contributed by atoms with Gasteiger partial charge >= 0.3 is 0 Å². The molecule has 0 aliphatic carbocycles. The number of hydrogen-bond acceptors (Lipinski definition) is 4. The SMILES string of the molecule is Nc1ccnc(N2CCCNC(=O)C2)c1. The molecule has 5 heteroatoms. The van der Waals surface area contributed by atoms with Gasteiger partial charge in [0.1, 0.15) is 5.82 Å². The van der Waals surface area contributed by atoms with E-state index in [0.717, 1.165) is 25.3 Å². The van der Waals surface area contributed by atoms with E-state index in [4.69, 9.17) is 5.73 Å². The topological polar surface area (TPSA) is 71.2 Å². The molecule has 1 aliphatic heterocycles. The lowest BCUT2D eigenvalue weighted by molar-refractivity contribution is -0.119. The Bertz CT molecular complexity index is 366. The largest absolute Gasteiger partial charge is 0.399 e. The summed E-state index contributed by atoms with van der Waals surface area (Å²) in [5.41, 5.74) is 6.34. The third-order valence-corrected chi connectivity index (χ3v) is 2.35. The minimum absolute atomic E-state index is 0.0386. The summed E-state index contributed by atoms with van der Waals surface area (Å²) >= 11 is 0. The van der Waals surface area contributed by atoms with Crippen LogP contribution in [0.2, 0.25) is 0 Å². The van der Waals surface area contributed by atoms with Crippen molar-refractivity contribution < 1.29 is 4.79 Å². The molecular weight excluding hydrogens is 192 g/mol. The monoisotopic (exact) mass is 206 g/mol. The van der Waals surface area contributed by atoms with Crippen molar-refractivity contribution in [2.75, 3.05) is 30.3 Å². The highest BCUT2D eigenvalue weighted by molar-refractivity contribution is 5.81. The number of rotatable bonds is 1. The Kier molecular flexibility index (Phi) is 2.71. The maximum Gasteiger partial charge on any atom is 0.239 e. The Hall–Kier alpha value is -1.78. The molecule has 80 valence electrons. The van der Waals surface area contributed by atoms with Gasteiger partial charge in [-0.05, 0) is 12.5 Å². The molecule has 1 aromatic heterocycles. The normalized spacial score (nSPS) is 17.1. The fourth-order valence-corrected chi connectivity index (χ4v) is 1.61. The molecular formula is C10H14N4O. The molecule has 0 saturated carbocycles. The van der Waals surface area contributed by atoms with Gasteiger partial charge < -0.3 is 16.0 Å². The van der Waals surface area contributed by atoms with Gasteiger partial charge in [0.05, 0.1) is 6.54 Å². The summed E-state index contributed by atoms with van der Waals surface area (Å²) in [5.74, 6) is 0.809. The molecule has 0 bridgehead atoms. The Balaban J connectivity index is 2.18. The first-order valence-corrected chi connectivity index (χ1v) is 4.99. The quantitative estimate of drug-likeness (QED) is 0.678. The number of nitrogens with one attached hydrogen (secondary N) is 1. The van der Waals surface area contributed by atoms with Gasteiger partial charge in [0.25, 0.3) is 0 Å². The molecule has 2 rings (SSSR count). The zero-order valence-corrected chi connectivity index (χ0v) is 8.44. The van der Waals surface area contributed by atoms with E-state index < -0.39 is 0 Å². The Labute approximate surface area is 88.3 Å². The summed E-state index contributed by atoms with van der Waals surface area (Å²) in [7, 11) is 0. The predicted molar refractivity (Wildman–Crippen MR) is 58.5 cm³/mol. The molecule has 1 aliphatic rings. The summed E-state index contributed by atoms with van der Waals surface area (Å²) < 4.78 is 0. The van der Waals surface area contributed by atoms with E-state index in [1.165, 1.54) is 0 Å². The first-order valence-electron chi connectivity index (χ1n) is 4.99. The van der Waals surface area contributed by atoms with Crippen molar-refractivity contribution in [3.63, 3.8) is 0 Å². The van der Waals surface area contributed by atoms with Gasteiger partial charge in [-0.1, -0.05) is 0 Å². The minimum atomic E-state index is 0.0386. The molecule has 0 unspecified atom stereocenters. The second kappa shape index (κ2) is 4.16. The molecule has 3 N–H and O–H groups in total. The average molecular weight is 206 g/mol. The van der Waals surface area contributed by atoms with E-state index in [2.05, 4.69) is 10.3 Å². The Morgan fingerprint density at radius 3 is 3.20 bits per heavy atom. The smallest absolute Gasteiger partial charge is 0.239 e. The first kappa shape index (κ1) is 9.76. The molecule has 1 fully saturated rings. The number of pyridine rings is 1. The average Bonchev–Trinajstić information content (AvgIpc) is 2.43. The number of amides is 1. The zero-order chi connectivity index (χ0) is 10.7. The van der Waals surface area contributed by atoms with E-state index in [1.54, 1.807) is 18.3 Å². The Morgan fingerprint density at radius 2 is 2.40 bits per heavy atom. The fraction of sp³-hybridized carbons (Fsp3) is 0.400. The number of hydrogen-bond donors (Lipinski definition) is 2. The number of nitrogens with zero attached hydrogens (tertiary/aromatic N) is 2. The van der Waals surface area contributed by atoms with Gasteiger partial charge in [0.2, 0.25) is 5.91 Å². The standard InChI is InChI=1S/C10H14N4O/c11-8-2-4-12-9(6-8)14-5-1-3-13-10(15)7-14/h2,4,6H,1,3,5,7H2,(H2,11,12)(H,13,15). The van der Waals surface area contributed by atoms with E-state index >= 15 is 0 Å². The van der Waals surface area contributed by atoms with Crippen LogP contribution >= 0.6 is 0 Å². The van der Waals surface area contributed by atoms with Crippen molar-refractivity contribution in [3.8, 4) is 0 Å². The van der Waals surface area contributed by atoms with E-state index in [9.17, 15) is 4.79 Å². The van der Waals surface area contributed by atoms with Crippen LogP contribution in [0, 0.1) is 0 Å². The molecule has 1 saturated heterocycles. The summed E-state index contributed by atoms with van der Waals surface area (Å²) in [6, 6.07) is 3.53. The highest BCUT2D eigenvalue weighted by Crippen LogP contribution is 2.14. The van der Waals surface area contributed by atoms with Gasteiger partial charge in [-0.25, -0.2) is 4.98 Å². The van der Waals surface area contributed by atoms with E-state index in [0.29, 0.717) is 12.2 Å². The van der Waals surface area contributed by atoms with Crippen LogP contribution in [-0.4, -0.2) is 30.5 Å². The molecule has 2 heterocycles. The van der Waals surface area contributed by atoms with Gasteiger partial charge in [-0.3, -0.25) is 4.79 Å². The van der Waals surface area contributed by atoms with Crippen molar-refractivity contribution in [2.24, 2.45) is 0 Å². The number of nitrogen functional groups attached to an aromatic ring is 1.